The third kappa shape index (κ3) is 3.26. The van der Waals surface area contributed by atoms with Crippen molar-refractivity contribution in [1.29, 1.82) is 0 Å². The van der Waals surface area contributed by atoms with Gasteiger partial charge in [-0.2, -0.15) is 0 Å². The number of nitro groups is 1. The highest BCUT2D eigenvalue weighted by molar-refractivity contribution is 5.99. The number of nitro benzene ring substituents is 1. The van der Waals surface area contributed by atoms with Gasteiger partial charge in [0.15, 0.2) is 0 Å². The van der Waals surface area contributed by atoms with Gasteiger partial charge in [0.25, 0.3) is 11.6 Å². The van der Waals surface area contributed by atoms with Crippen molar-refractivity contribution in [2.45, 2.75) is 19.9 Å². The Hall–Kier alpha value is -1.66. The number of piperazine rings is 1. The van der Waals surface area contributed by atoms with Crippen molar-refractivity contribution in [2.75, 3.05) is 19.6 Å². The maximum absolute atomic E-state index is 12.5. The largest absolute Gasteiger partial charge is 0.336 e. The minimum Gasteiger partial charge on any atom is -0.336 e. The number of hydrogen-bond acceptors (Lipinski definition) is 4. The van der Waals surface area contributed by atoms with E-state index in [1.807, 2.05) is 6.92 Å². The Labute approximate surface area is 123 Å². The van der Waals surface area contributed by atoms with E-state index in [-0.39, 0.29) is 35.6 Å². The van der Waals surface area contributed by atoms with Crippen LogP contribution >= 0.6 is 12.4 Å². The van der Waals surface area contributed by atoms with Crippen molar-refractivity contribution in [2.24, 2.45) is 0 Å². The van der Waals surface area contributed by atoms with Gasteiger partial charge in [0, 0.05) is 31.7 Å². The fourth-order valence-electron chi connectivity index (χ4n) is 2.36. The molecule has 1 N–H and O–H groups in total. The molecule has 0 bridgehead atoms. The molecule has 2 rings (SSSR count). The van der Waals surface area contributed by atoms with E-state index in [2.05, 4.69) is 5.32 Å². The van der Waals surface area contributed by atoms with Crippen LogP contribution in [0.1, 0.15) is 22.8 Å². The molecule has 1 fully saturated rings. The Kier molecular flexibility index (Phi) is 5.47. The van der Waals surface area contributed by atoms with Crippen LogP contribution in [0.25, 0.3) is 0 Å². The number of aryl methyl sites for hydroxylation is 1. The zero-order valence-corrected chi connectivity index (χ0v) is 12.3. The Balaban J connectivity index is 0.00000200. The van der Waals surface area contributed by atoms with Crippen LogP contribution in [0.3, 0.4) is 0 Å². The minimum atomic E-state index is -0.494. The average molecular weight is 300 g/mol. The molecule has 1 aromatic carbocycles. The molecule has 1 amide bonds. The van der Waals surface area contributed by atoms with Gasteiger partial charge in [0.05, 0.1) is 4.92 Å². The first-order valence-corrected chi connectivity index (χ1v) is 6.27. The first-order chi connectivity index (χ1) is 9.00. The summed E-state index contributed by atoms with van der Waals surface area (Å²) in [5.41, 5.74) is 0.739. The zero-order valence-electron chi connectivity index (χ0n) is 11.5. The molecule has 1 atom stereocenters. The van der Waals surface area contributed by atoms with Gasteiger partial charge in [0.2, 0.25) is 0 Å². The summed E-state index contributed by atoms with van der Waals surface area (Å²) in [4.78, 5) is 24.7. The normalized spacial score (nSPS) is 18.3. The molecule has 0 aliphatic carbocycles. The van der Waals surface area contributed by atoms with Crippen LogP contribution in [0.5, 0.6) is 0 Å². The minimum absolute atomic E-state index is 0. The summed E-state index contributed by atoms with van der Waals surface area (Å²) in [6.07, 6.45) is 0. The molecule has 7 heteroatoms. The first-order valence-electron chi connectivity index (χ1n) is 6.27. The predicted molar refractivity (Wildman–Crippen MR) is 78.4 cm³/mol. The molecule has 1 saturated heterocycles. The van der Waals surface area contributed by atoms with Crippen molar-refractivity contribution in [3.8, 4) is 0 Å². The van der Waals surface area contributed by atoms with E-state index in [0.717, 1.165) is 0 Å². The number of carbonyl (C=O) groups is 1. The molecule has 0 spiro atoms. The van der Waals surface area contributed by atoms with Gasteiger partial charge < -0.3 is 10.2 Å². The second-order valence-electron chi connectivity index (χ2n) is 4.83. The van der Waals surface area contributed by atoms with E-state index in [1.54, 1.807) is 24.0 Å². The molecule has 0 unspecified atom stereocenters. The number of amides is 1. The fourth-order valence-corrected chi connectivity index (χ4v) is 2.36. The molecule has 0 saturated carbocycles. The Morgan fingerprint density at radius 1 is 1.50 bits per heavy atom. The van der Waals surface area contributed by atoms with E-state index >= 15 is 0 Å². The van der Waals surface area contributed by atoms with Gasteiger partial charge in [-0.1, -0.05) is 12.1 Å². The third-order valence-corrected chi connectivity index (χ3v) is 3.32. The molecule has 110 valence electrons. The number of hydrogen-bond donors (Lipinski definition) is 1. The molecular weight excluding hydrogens is 282 g/mol. The summed E-state index contributed by atoms with van der Waals surface area (Å²) < 4.78 is 0. The van der Waals surface area contributed by atoms with E-state index < -0.39 is 4.92 Å². The fraction of sp³-hybridized carbons (Fsp3) is 0.462. The Bertz CT molecular complexity index is 522. The second kappa shape index (κ2) is 6.67. The van der Waals surface area contributed by atoms with E-state index in [1.165, 1.54) is 6.07 Å². The summed E-state index contributed by atoms with van der Waals surface area (Å²) in [6, 6.07) is 4.92. The van der Waals surface area contributed by atoms with Crippen molar-refractivity contribution >= 4 is 24.0 Å². The van der Waals surface area contributed by atoms with Crippen LogP contribution in [0.4, 0.5) is 5.69 Å². The number of carbonyl (C=O) groups excluding carboxylic acids is 1. The second-order valence-corrected chi connectivity index (χ2v) is 4.83. The summed E-state index contributed by atoms with van der Waals surface area (Å²) >= 11 is 0. The predicted octanol–water partition coefficient (Wildman–Crippen LogP) is 1.76. The number of halogens is 1. The number of rotatable bonds is 2. The highest BCUT2D eigenvalue weighted by Crippen LogP contribution is 2.23. The van der Waals surface area contributed by atoms with Crippen LogP contribution in [-0.2, 0) is 0 Å². The van der Waals surface area contributed by atoms with E-state index in [0.29, 0.717) is 25.2 Å². The molecule has 20 heavy (non-hydrogen) atoms. The van der Waals surface area contributed by atoms with E-state index in [4.69, 9.17) is 0 Å². The quantitative estimate of drug-likeness (QED) is 0.667. The van der Waals surface area contributed by atoms with Crippen LogP contribution in [0, 0.1) is 17.0 Å². The number of benzene rings is 1. The maximum atomic E-state index is 12.5. The van der Waals surface area contributed by atoms with Crippen molar-refractivity contribution < 1.29 is 9.72 Å². The molecule has 6 nitrogen and oxygen atoms in total. The lowest BCUT2D eigenvalue weighted by atomic mass is 10.0. The lowest BCUT2D eigenvalue weighted by molar-refractivity contribution is -0.385. The van der Waals surface area contributed by atoms with Gasteiger partial charge in [-0.15, -0.1) is 12.4 Å². The van der Waals surface area contributed by atoms with Gasteiger partial charge in [-0.25, -0.2) is 0 Å². The molecule has 0 radical (unpaired) electrons. The van der Waals surface area contributed by atoms with Gasteiger partial charge in [-0.05, 0) is 19.4 Å². The molecule has 1 aliphatic heterocycles. The summed E-state index contributed by atoms with van der Waals surface area (Å²) in [5.74, 6) is -0.252. The summed E-state index contributed by atoms with van der Waals surface area (Å²) in [5, 5.41) is 14.3. The van der Waals surface area contributed by atoms with Gasteiger partial charge in [0.1, 0.15) is 5.56 Å². The van der Waals surface area contributed by atoms with Gasteiger partial charge >= 0.3 is 0 Å². The molecular formula is C13H18ClN3O3. The third-order valence-electron chi connectivity index (χ3n) is 3.32. The average Bonchev–Trinajstić information content (AvgIpc) is 2.37. The highest BCUT2D eigenvalue weighted by Gasteiger charge is 2.28. The lowest BCUT2D eigenvalue weighted by Gasteiger charge is -2.32. The topological polar surface area (TPSA) is 75.5 Å². The molecule has 1 aromatic rings. The SMILES string of the molecule is Cc1cccc([N+](=O)[O-])c1C(=O)N1CCN[C@@H](C)C1.Cl. The van der Waals surface area contributed by atoms with Crippen molar-refractivity contribution in [1.82, 2.24) is 10.2 Å². The molecule has 1 aliphatic rings. The van der Waals surface area contributed by atoms with Crippen LogP contribution in [-0.4, -0.2) is 41.4 Å². The highest BCUT2D eigenvalue weighted by atomic mass is 35.5. The smallest absolute Gasteiger partial charge is 0.282 e. The zero-order chi connectivity index (χ0) is 14.0. The Morgan fingerprint density at radius 3 is 2.80 bits per heavy atom. The van der Waals surface area contributed by atoms with Crippen LogP contribution < -0.4 is 5.32 Å². The van der Waals surface area contributed by atoms with Crippen LogP contribution in [0.2, 0.25) is 0 Å². The maximum Gasteiger partial charge on any atom is 0.282 e. The standard InChI is InChI=1S/C13H17N3O3.ClH/c1-9-4-3-5-11(16(18)19)12(9)13(17)15-7-6-14-10(2)8-15;/h3-5,10,14H,6-8H2,1-2H3;1H/t10-;/m0./s1. The van der Waals surface area contributed by atoms with E-state index in [9.17, 15) is 14.9 Å². The van der Waals surface area contributed by atoms with Crippen LogP contribution in [0.15, 0.2) is 18.2 Å². The Morgan fingerprint density at radius 2 is 2.20 bits per heavy atom. The van der Waals surface area contributed by atoms with Crippen molar-refractivity contribution in [3.63, 3.8) is 0 Å². The number of nitrogens with zero attached hydrogens (tertiary/aromatic N) is 2. The summed E-state index contributed by atoms with van der Waals surface area (Å²) in [7, 11) is 0. The summed E-state index contributed by atoms with van der Waals surface area (Å²) in [6.45, 7) is 5.59. The first kappa shape index (κ1) is 16.4. The molecule has 1 heterocycles. The number of nitrogens with one attached hydrogen (secondary N) is 1. The lowest BCUT2D eigenvalue weighted by Crippen LogP contribution is -2.51. The monoisotopic (exact) mass is 299 g/mol. The van der Waals surface area contributed by atoms with Gasteiger partial charge in [-0.3, -0.25) is 14.9 Å². The molecule has 0 aromatic heterocycles. The van der Waals surface area contributed by atoms with Crippen molar-refractivity contribution in [3.05, 3.63) is 39.4 Å².